The van der Waals surface area contributed by atoms with Crippen LogP contribution in [0.1, 0.15) is 17.9 Å². The summed E-state index contributed by atoms with van der Waals surface area (Å²) in [4.78, 5) is 11.3. The third-order valence-corrected chi connectivity index (χ3v) is 4.39. The summed E-state index contributed by atoms with van der Waals surface area (Å²) in [6.45, 7) is 3.94. The molecule has 0 heterocycles. The van der Waals surface area contributed by atoms with Crippen LogP contribution in [-0.2, 0) is 9.53 Å². The van der Waals surface area contributed by atoms with Crippen molar-refractivity contribution < 1.29 is 9.53 Å². The Morgan fingerprint density at radius 3 is 2.74 bits per heavy atom. The molecule has 1 aromatic carbocycles. The Hall–Kier alpha value is -1.83. The van der Waals surface area contributed by atoms with E-state index in [4.69, 9.17) is 4.74 Å². The summed E-state index contributed by atoms with van der Waals surface area (Å²) < 4.78 is 5.29. The molecule has 1 aromatic rings. The van der Waals surface area contributed by atoms with Crippen molar-refractivity contribution in [1.29, 1.82) is 0 Å². The summed E-state index contributed by atoms with van der Waals surface area (Å²) in [6, 6.07) is 10.6. The second-order valence-corrected chi connectivity index (χ2v) is 5.38. The monoisotopic (exact) mass is 254 g/mol. The van der Waals surface area contributed by atoms with E-state index in [1.807, 2.05) is 6.07 Å². The Morgan fingerprint density at radius 1 is 1.26 bits per heavy atom. The van der Waals surface area contributed by atoms with Gasteiger partial charge in [-0.2, -0.15) is 0 Å². The molecule has 2 nitrogen and oxygen atoms in total. The Balaban J connectivity index is 1.79. The highest BCUT2D eigenvalue weighted by molar-refractivity contribution is 5.81. The highest BCUT2D eigenvalue weighted by atomic mass is 16.5. The van der Waals surface area contributed by atoms with Crippen LogP contribution in [0, 0.1) is 17.8 Å². The van der Waals surface area contributed by atoms with Crippen molar-refractivity contribution in [3.8, 4) is 0 Å². The maximum atomic E-state index is 11.3. The lowest BCUT2D eigenvalue weighted by molar-refractivity contribution is -0.139. The summed E-state index contributed by atoms with van der Waals surface area (Å²) in [7, 11) is 0. The first-order chi connectivity index (χ1) is 9.29. The maximum absolute atomic E-state index is 11.3. The molecule has 0 aromatic heterocycles. The minimum absolute atomic E-state index is 0.321. The highest BCUT2D eigenvalue weighted by Gasteiger charge is 2.45. The normalized spacial score (nSPS) is 31.4. The van der Waals surface area contributed by atoms with Crippen LogP contribution in [0.2, 0.25) is 0 Å². The van der Waals surface area contributed by atoms with Crippen LogP contribution in [-0.4, -0.2) is 12.6 Å². The smallest absolute Gasteiger partial charge is 0.330 e. The molecule has 2 aliphatic carbocycles. The highest BCUT2D eigenvalue weighted by Crippen LogP contribution is 2.52. The molecule has 2 bridgehead atoms. The zero-order valence-electron chi connectivity index (χ0n) is 10.9. The van der Waals surface area contributed by atoms with E-state index in [9.17, 15) is 4.79 Å². The molecule has 0 unspecified atom stereocenters. The van der Waals surface area contributed by atoms with Gasteiger partial charge in [-0.25, -0.2) is 4.79 Å². The van der Waals surface area contributed by atoms with Crippen molar-refractivity contribution in [2.24, 2.45) is 17.8 Å². The van der Waals surface area contributed by atoms with Gasteiger partial charge in [0.05, 0.1) is 6.61 Å². The Kier molecular flexibility index (Phi) is 3.24. The standard InChI is InChI=1S/C17H18O2/c1-2-16(18)19-11-15-13-8-9-14(10-13)17(15)12-6-4-3-5-7-12/h2-9,13-15,17H,1,10-11H2/t13-,14+,15-,17-/m1/s1. The zero-order chi connectivity index (χ0) is 13.2. The molecule has 1 fully saturated rings. The molecule has 2 aliphatic rings. The minimum atomic E-state index is -0.321. The first-order valence-corrected chi connectivity index (χ1v) is 6.82. The number of hydrogen-bond acceptors (Lipinski definition) is 2. The number of benzene rings is 1. The number of carbonyl (C=O) groups excluding carboxylic acids is 1. The van der Waals surface area contributed by atoms with Gasteiger partial charge in [0.25, 0.3) is 0 Å². The van der Waals surface area contributed by atoms with Crippen LogP contribution < -0.4 is 0 Å². The lowest BCUT2D eigenvalue weighted by Gasteiger charge is -2.28. The topological polar surface area (TPSA) is 26.3 Å². The number of rotatable bonds is 4. The predicted octanol–water partition coefficient (Wildman–Crippen LogP) is 3.32. The Labute approximate surface area is 113 Å². The van der Waals surface area contributed by atoms with E-state index in [2.05, 4.69) is 43.0 Å². The molecule has 98 valence electrons. The number of ether oxygens (including phenoxy) is 1. The largest absolute Gasteiger partial charge is 0.462 e. The van der Waals surface area contributed by atoms with Gasteiger partial charge in [0.1, 0.15) is 0 Å². The second-order valence-electron chi connectivity index (χ2n) is 5.38. The molecule has 2 heteroatoms. The van der Waals surface area contributed by atoms with Crippen LogP contribution in [0.15, 0.2) is 55.1 Å². The fourth-order valence-corrected chi connectivity index (χ4v) is 3.56. The second kappa shape index (κ2) is 5.04. The van der Waals surface area contributed by atoms with Crippen molar-refractivity contribution in [3.05, 3.63) is 60.7 Å². The molecule has 0 N–H and O–H groups in total. The SMILES string of the molecule is C=CC(=O)OC[C@H]1[C@H](c2ccccc2)[C@H]2C=C[C@@H]1C2. The molecule has 0 spiro atoms. The van der Waals surface area contributed by atoms with Crippen LogP contribution in [0.25, 0.3) is 0 Å². The average Bonchev–Trinajstić information content (AvgIpc) is 3.06. The summed E-state index contributed by atoms with van der Waals surface area (Å²) in [5.41, 5.74) is 1.36. The molecule has 19 heavy (non-hydrogen) atoms. The van der Waals surface area contributed by atoms with Crippen LogP contribution in [0.5, 0.6) is 0 Å². The van der Waals surface area contributed by atoms with Crippen molar-refractivity contribution >= 4 is 5.97 Å². The summed E-state index contributed by atoms with van der Waals surface area (Å²) in [5, 5.41) is 0. The van der Waals surface area contributed by atoms with Crippen LogP contribution >= 0.6 is 0 Å². The van der Waals surface area contributed by atoms with Crippen LogP contribution in [0.4, 0.5) is 0 Å². The first-order valence-electron chi connectivity index (χ1n) is 6.82. The van der Waals surface area contributed by atoms with E-state index in [1.54, 1.807) is 0 Å². The molecule has 3 rings (SSSR count). The maximum Gasteiger partial charge on any atom is 0.330 e. The number of allylic oxidation sites excluding steroid dienone is 2. The fraction of sp³-hybridized carbons (Fsp3) is 0.353. The quantitative estimate of drug-likeness (QED) is 0.468. The Bertz CT molecular complexity index is 503. The van der Waals surface area contributed by atoms with E-state index in [-0.39, 0.29) is 5.97 Å². The lowest BCUT2D eigenvalue weighted by Crippen LogP contribution is -2.24. The first kappa shape index (κ1) is 12.2. The zero-order valence-corrected chi connectivity index (χ0v) is 10.9. The van der Waals surface area contributed by atoms with Crippen molar-refractivity contribution in [1.82, 2.24) is 0 Å². The van der Waals surface area contributed by atoms with E-state index in [0.717, 1.165) is 0 Å². The minimum Gasteiger partial charge on any atom is -0.462 e. The third-order valence-electron chi connectivity index (χ3n) is 4.39. The van der Waals surface area contributed by atoms with E-state index in [1.165, 1.54) is 18.1 Å². The molecule has 0 aliphatic heterocycles. The van der Waals surface area contributed by atoms with Gasteiger partial charge in [-0.3, -0.25) is 0 Å². The van der Waals surface area contributed by atoms with Crippen molar-refractivity contribution in [2.45, 2.75) is 12.3 Å². The summed E-state index contributed by atoms with van der Waals surface area (Å²) in [5.74, 6) is 1.71. The van der Waals surface area contributed by atoms with E-state index >= 15 is 0 Å². The number of fused-ring (bicyclic) bond motifs is 2. The van der Waals surface area contributed by atoms with Gasteiger partial charge in [0.2, 0.25) is 0 Å². The number of carbonyl (C=O) groups is 1. The van der Waals surface area contributed by atoms with E-state index < -0.39 is 0 Å². The molecule has 4 atom stereocenters. The van der Waals surface area contributed by atoms with Gasteiger partial charge in [-0.1, -0.05) is 49.1 Å². The molecular weight excluding hydrogens is 236 g/mol. The van der Waals surface area contributed by atoms with Gasteiger partial charge in [0.15, 0.2) is 0 Å². The molecule has 0 saturated heterocycles. The van der Waals surface area contributed by atoms with Gasteiger partial charge in [-0.05, 0) is 29.7 Å². The summed E-state index contributed by atoms with van der Waals surface area (Å²) >= 11 is 0. The van der Waals surface area contributed by atoms with Gasteiger partial charge in [-0.15, -0.1) is 0 Å². The van der Waals surface area contributed by atoms with Gasteiger partial charge < -0.3 is 4.74 Å². The van der Waals surface area contributed by atoms with Crippen molar-refractivity contribution in [3.63, 3.8) is 0 Å². The third kappa shape index (κ3) is 2.23. The predicted molar refractivity (Wildman–Crippen MR) is 74.6 cm³/mol. The molecule has 0 amide bonds. The number of esters is 1. The van der Waals surface area contributed by atoms with Gasteiger partial charge >= 0.3 is 5.97 Å². The van der Waals surface area contributed by atoms with Crippen molar-refractivity contribution in [2.75, 3.05) is 6.61 Å². The Morgan fingerprint density at radius 2 is 2.00 bits per heavy atom. The average molecular weight is 254 g/mol. The van der Waals surface area contributed by atoms with Crippen LogP contribution in [0.3, 0.4) is 0 Å². The fourth-order valence-electron chi connectivity index (χ4n) is 3.56. The van der Waals surface area contributed by atoms with E-state index in [0.29, 0.717) is 30.3 Å². The number of hydrogen-bond donors (Lipinski definition) is 0. The summed E-state index contributed by atoms with van der Waals surface area (Å²) in [6.07, 6.45) is 7.04. The molecular formula is C17H18O2. The van der Waals surface area contributed by atoms with Gasteiger partial charge in [0, 0.05) is 12.0 Å². The molecule has 1 saturated carbocycles. The lowest BCUT2D eigenvalue weighted by atomic mass is 9.79. The molecule has 0 radical (unpaired) electrons.